The van der Waals surface area contributed by atoms with Crippen LogP contribution in [0.3, 0.4) is 0 Å². The average molecular weight is 588 g/mol. The number of nitrogens with two attached hydrogens (primary N) is 1. The van der Waals surface area contributed by atoms with Crippen LogP contribution in [0.4, 0.5) is 15.9 Å². The van der Waals surface area contributed by atoms with Gasteiger partial charge in [-0.25, -0.2) is 14.4 Å². The summed E-state index contributed by atoms with van der Waals surface area (Å²) in [6, 6.07) is 21.4. The van der Waals surface area contributed by atoms with E-state index in [1.165, 1.54) is 18.5 Å². The lowest BCUT2D eigenvalue weighted by Gasteiger charge is -2.12. The van der Waals surface area contributed by atoms with E-state index in [4.69, 9.17) is 26.5 Å². The van der Waals surface area contributed by atoms with Crippen LogP contribution in [0.2, 0.25) is 5.02 Å². The third-order valence-electron chi connectivity index (χ3n) is 6.64. The van der Waals surface area contributed by atoms with Crippen molar-refractivity contribution < 1.29 is 18.3 Å². The number of nitrogens with one attached hydrogen (secondary N) is 2. The van der Waals surface area contributed by atoms with Gasteiger partial charge in [0.15, 0.2) is 0 Å². The zero-order valence-electron chi connectivity index (χ0n) is 22.9. The number of halogens is 2. The summed E-state index contributed by atoms with van der Waals surface area (Å²) in [6.45, 7) is 1.65. The Morgan fingerprint density at radius 2 is 1.90 bits per heavy atom. The minimum atomic E-state index is -0.312. The molecule has 0 saturated carbocycles. The number of carbonyl (C=O) groups excluding carboxylic acids is 1. The second kappa shape index (κ2) is 13.9. The standard InChI is InChI=1S/C32H31ClFN5O3/c33-27-17-24(9-12-30(27)41-19-21-5-4-6-23(34)15-21)39-32-26-16-22(8-11-28(26)37-20-38-32)29-13-10-25(42-29)18-36-14-3-1-2-7-31(35)40/h4-6,8-13,15-17,20,36H,1-3,7,14,18-19H2,(H2,35,40)(H,37,38,39). The Morgan fingerprint density at radius 1 is 1.00 bits per heavy atom. The fourth-order valence-electron chi connectivity index (χ4n) is 4.50. The van der Waals surface area contributed by atoms with Crippen LogP contribution in [0, 0.1) is 5.82 Å². The van der Waals surface area contributed by atoms with E-state index in [1.54, 1.807) is 24.3 Å². The number of aromatic nitrogens is 2. The van der Waals surface area contributed by atoms with Gasteiger partial charge < -0.3 is 25.5 Å². The van der Waals surface area contributed by atoms with Crippen LogP contribution < -0.4 is 21.1 Å². The highest BCUT2D eigenvalue weighted by Crippen LogP contribution is 2.33. The van der Waals surface area contributed by atoms with E-state index in [9.17, 15) is 9.18 Å². The highest BCUT2D eigenvalue weighted by atomic mass is 35.5. The molecule has 42 heavy (non-hydrogen) atoms. The minimum Gasteiger partial charge on any atom is -0.487 e. The second-order valence-corrected chi connectivity index (χ2v) is 10.3. The van der Waals surface area contributed by atoms with Crippen molar-refractivity contribution in [3.8, 4) is 17.1 Å². The molecule has 8 nitrogen and oxygen atoms in total. The van der Waals surface area contributed by atoms with E-state index in [0.717, 1.165) is 59.5 Å². The molecule has 4 N–H and O–H groups in total. The normalized spacial score (nSPS) is 11.1. The average Bonchev–Trinajstić information content (AvgIpc) is 3.45. The highest BCUT2D eigenvalue weighted by Gasteiger charge is 2.11. The summed E-state index contributed by atoms with van der Waals surface area (Å²) in [5.74, 6) is 2.13. The van der Waals surface area contributed by atoms with Gasteiger partial charge >= 0.3 is 0 Å². The van der Waals surface area contributed by atoms with Crippen LogP contribution >= 0.6 is 11.6 Å². The molecule has 0 spiro atoms. The SMILES string of the molecule is NC(=O)CCCCCNCc1ccc(-c2ccc3ncnc(Nc4ccc(OCc5cccc(F)c5)c(Cl)c4)c3c2)o1. The summed E-state index contributed by atoms with van der Waals surface area (Å²) in [4.78, 5) is 19.7. The molecular weight excluding hydrogens is 557 g/mol. The molecule has 2 heterocycles. The van der Waals surface area contributed by atoms with Gasteiger partial charge in [-0.15, -0.1) is 0 Å². The van der Waals surface area contributed by atoms with Crippen molar-refractivity contribution in [3.63, 3.8) is 0 Å². The molecule has 2 aromatic heterocycles. The molecule has 1 amide bonds. The number of amides is 1. The Kier molecular flexibility index (Phi) is 9.63. The van der Waals surface area contributed by atoms with Crippen LogP contribution in [-0.2, 0) is 17.9 Å². The fourth-order valence-corrected chi connectivity index (χ4v) is 4.73. The number of hydrogen-bond acceptors (Lipinski definition) is 7. The van der Waals surface area contributed by atoms with Crippen molar-refractivity contribution in [2.75, 3.05) is 11.9 Å². The second-order valence-electron chi connectivity index (χ2n) is 9.86. The van der Waals surface area contributed by atoms with Crippen molar-refractivity contribution in [1.82, 2.24) is 15.3 Å². The summed E-state index contributed by atoms with van der Waals surface area (Å²) in [7, 11) is 0. The quantitative estimate of drug-likeness (QED) is 0.118. The molecule has 0 aliphatic heterocycles. The molecule has 10 heteroatoms. The smallest absolute Gasteiger partial charge is 0.217 e. The van der Waals surface area contributed by atoms with Crippen LogP contribution in [-0.4, -0.2) is 22.4 Å². The maximum absolute atomic E-state index is 13.5. The summed E-state index contributed by atoms with van der Waals surface area (Å²) < 4.78 is 25.3. The lowest BCUT2D eigenvalue weighted by molar-refractivity contribution is -0.118. The number of hydrogen-bond donors (Lipinski definition) is 3. The Bertz CT molecular complexity index is 1680. The Morgan fingerprint density at radius 3 is 2.74 bits per heavy atom. The summed E-state index contributed by atoms with van der Waals surface area (Å²) in [6.07, 6.45) is 4.68. The molecule has 5 aromatic rings. The first kappa shape index (κ1) is 29.0. The van der Waals surface area contributed by atoms with Crippen LogP contribution in [0.1, 0.15) is 37.0 Å². The van der Waals surface area contributed by atoms with Crippen molar-refractivity contribution in [3.05, 3.63) is 101 Å². The van der Waals surface area contributed by atoms with E-state index < -0.39 is 0 Å². The summed E-state index contributed by atoms with van der Waals surface area (Å²) in [5, 5.41) is 7.94. The van der Waals surface area contributed by atoms with Gasteiger partial charge in [0.25, 0.3) is 0 Å². The van der Waals surface area contributed by atoms with Crippen LogP contribution in [0.25, 0.3) is 22.2 Å². The van der Waals surface area contributed by atoms with E-state index in [2.05, 4.69) is 20.6 Å². The van der Waals surface area contributed by atoms with Gasteiger partial charge in [0.1, 0.15) is 41.8 Å². The third-order valence-corrected chi connectivity index (χ3v) is 6.93. The number of benzene rings is 3. The Labute approximate surface area is 248 Å². The minimum absolute atomic E-state index is 0.201. The number of ether oxygens (including phenoxy) is 1. The molecular formula is C32H31ClFN5O3. The number of nitrogens with zero attached hydrogens (tertiary/aromatic N) is 2. The van der Waals surface area contributed by atoms with Gasteiger partial charge in [0.05, 0.1) is 17.1 Å². The van der Waals surface area contributed by atoms with Crippen molar-refractivity contribution in [2.45, 2.75) is 38.8 Å². The number of furan rings is 1. The number of carbonyl (C=O) groups is 1. The highest BCUT2D eigenvalue weighted by molar-refractivity contribution is 6.32. The Hall–Kier alpha value is -4.47. The maximum Gasteiger partial charge on any atom is 0.217 e. The molecule has 5 rings (SSSR count). The summed E-state index contributed by atoms with van der Waals surface area (Å²) >= 11 is 6.49. The van der Waals surface area contributed by atoms with Crippen molar-refractivity contribution in [1.29, 1.82) is 0 Å². The molecule has 0 atom stereocenters. The molecule has 0 radical (unpaired) electrons. The number of fused-ring (bicyclic) bond motifs is 1. The van der Waals surface area contributed by atoms with E-state index in [1.807, 2.05) is 36.4 Å². The molecule has 0 saturated heterocycles. The first-order chi connectivity index (χ1) is 20.4. The predicted molar refractivity (Wildman–Crippen MR) is 162 cm³/mol. The maximum atomic E-state index is 13.5. The first-order valence-corrected chi connectivity index (χ1v) is 14.1. The number of primary amides is 1. The zero-order valence-corrected chi connectivity index (χ0v) is 23.7. The van der Waals surface area contributed by atoms with E-state index in [-0.39, 0.29) is 18.3 Å². The fraction of sp³-hybridized carbons (Fsp3) is 0.219. The Balaban J connectivity index is 1.22. The molecule has 0 aliphatic carbocycles. The molecule has 0 unspecified atom stereocenters. The van der Waals surface area contributed by atoms with Gasteiger partial charge in [-0.1, -0.05) is 30.2 Å². The van der Waals surface area contributed by atoms with E-state index >= 15 is 0 Å². The van der Waals surface area contributed by atoms with E-state index in [0.29, 0.717) is 35.1 Å². The zero-order chi connectivity index (χ0) is 29.3. The van der Waals surface area contributed by atoms with Crippen LogP contribution in [0.15, 0.2) is 83.5 Å². The van der Waals surface area contributed by atoms with Crippen molar-refractivity contribution in [2.24, 2.45) is 5.73 Å². The number of unbranched alkanes of at least 4 members (excludes halogenated alkanes) is 2. The van der Waals surface area contributed by atoms with Gasteiger partial charge in [-0.2, -0.15) is 0 Å². The van der Waals surface area contributed by atoms with Crippen molar-refractivity contribution >= 4 is 39.9 Å². The third kappa shape index (κ3) is 7.84. The number of rotatable bonds is 14. The topological polar surface area (TPSA) is 115 Å². The molecule has 216 valence electrons. The summed E-state index contributed by atoms with van der Waals surface area (Å²) in [5.41, 5.74) is 8.30. The van der Waals surface area contributed by atoms with Gasteiger partial charge in [0, 0.05) is 23.1 Å². The van der Waals surface area contributed by atoms with Gasteiger partial charge in [-0.3, -0.25) is 4.79 Å². The van der Waals surface area contributed by atoms with Gasteiger partial charge in [-0.05, 0) is 85.6 Å². The largest absolute Gasteiger partial charge is 0.487 e. The first-order valence-electron chi connectivity index (χ1n) is 13.7. The predicted octanol–water partition coefficient (Wildman–Crippen LogP) is 7.14. The monoisotopic (exact) mass is 587 g/mol. The molecule has 3 aromatic carbocycles. The molecule has 0 aliphatic rings. The van der Waals surface area contributed by atoms with Gasteiger partial charge in [0.2, 0.25) is 5.91 Å². The lowest BCUT2D eigenvalue weighted by atomic mass is 10.1. The number of anilines is 2. The molecule has 0 fully saturated rings. The van der Waals surface area contributed by atoms with Crippen LogP contribution in [0.5, 0.6) is 5.75 Å². The molecule has 0 bridgehead atoms. The lowest BCUT2D eigenvalue weighted by Crippen LogP contribution is -2.14.